The minimum Gasteiger partial charge on any atom is -0.497 e. The van der Waals surface area contributed by atoms with Crippen molar-refractivity contribution in [1.29, 1.82) is 0 Å². The lowest BCUT2D eigenvalue weighted by Gasteiger charge is -2.16. The van der Waals surface area contributed by atoms with Crippen LogP contribution in [-0.4, -0.2) is 37.6 Å². The van der Waals surface area contributed by atoms with E-state index in [2.05, 4.69) is 27.3 Å². The summed E-state index contributed by atoms with van der Waals surface area (Å²) in [5.41, 5.74) is 1.86. The summed E-state index contributed by atoms with van der Waals surface area (Å²) < 4.78 is 5.15. The molecular weight excluding hydrogens is 314 g/mol. The number of aryl methyl sites for hydroxylation is 1. The second-order valence-electron chi connectivity index (χ2n) is 6.31. The van der Waals surface area contributed by atoms with Crippen molar-refractivity contribution in [3.8, 4) is 5.75 Å². The van der Waals surface area contributed by atoms with Crippen molar-refractivity contribution in [2.75, 3.05) is 31.6 Å². The average molecular weight is 339 g/mol. The Kier molecular flexibility index (Phi) is 5.88. The number of aromatic nitrogens is 1. The van der Waals surface area contributed by atoms with Crippen molar-refractivity contribution in [1.82, 2.24) is 10.3 Å². The van der Waals surface area contributed by atoms with Crippen LogP contribution < -0.4 is 15.0 Å². The highest BCUT2D eigenvalue weighted by Crippen LogP contribution is 2.17. The van der Waals surface area contributed by atoms with Crippen LogP contribution in [0.15, 0.2) is 42.6 Å². The minimum absolute atomic E-state index is 0.0600. The Morgan fingerprint density at radius 2 is 1.92 bits per heavy atom. The van der Waals surface area contributed by atoms with Gasteiger partial charge in [-0.25, -0.2) is 4.98 Å². The van der Waals surface area contributed by atoms with Crippen LogP contribution in [0.1, 0.15) is 35.2 Å². The molecule has 5 heteroatoms. The van der Waals surface area contributed by atoms with E-state index in [4.69, 9.17) is 4.74 Å². The number of hydrogen-bond donors (Lipinski definition) is 1. The van der Waals surface area contributed by atoms with Crippen LogP contribution in [0.25, 0.3) is 0 Å². The monoisotopic (exact) mass is 339 g/mol. The van der Waals surface area contributed by atoms with E-state index < -0.39 is 0 Å². The first-order chi connectivity index (χ1) is 12.3. The maximum absolute atomic E-state index is 12.2. The van der Waals surface area contributed by atoms with Gasteiger partial charge < -0.3 is 15.0 Å². The largest absolute Gasteiger partial charge is 0.497 e. The van der Waals surface area contributed by atoms with Crippen LogP contribution in [-0.2, 0) is 6.42 Å². The molecule has 1 aromatic carbocycles. The molecule has 0 saturated carbocycles. The molecule has 2 aromatic rings. The fourth-order valence-corrected chi connectivity index (χ4v) is 3.04. The first-order valence-electron chi connectivity index (χ1n) is 8.88. The highest BCUT2D eigenvalue weighted by Gasteiger charge is 2.14. The molecule has 5 nitrogen and oxygen atoms in total. The van der Waals surface area contributed by atoms with Gasteiger partial charge in [-0.05, 0) is 55.5 Å². The van der Waals surface area contributed by atoms with Gasteiger partial charge >= 0.3 is 0 Å². The molecule has 0 atom stereocenters. The van der Waals surface area contributed by atoms with E-state index in [1.54, 1.807) is 13.3 Å². The molecule has 132 valence electrons. The van der Waals surface area contributed by atoms with Crippen LogP contribution in [0.4, 0.5) is 5.82 Å². The lowest BCUT2D eigenvalue weighted by atomic mass is 10.1. The van der Waals surface area contributed by atoms with Crippen molar-refractivity contribution in [3.63, 3.8) is 0 Å². The van der Waals surface area contributed by atoms with Gasteiger partial charge in [-0.15, -0.1) is 0 Å². The Morgan fingerprint density at radius 3 is 2.56 bits per heavy atom. The third-order valence-corrected chi connectivity index (χ3v) is 4.53. The molecule has 25 heavy (non-hydrogen) atoms. The standard InChI is InChI=1S/C20H25N3O2/c1-25-18-9-6-16(7-10-18)5-4-12-21-20(24)17-8-11-19(22-15-17)23-13-2-3-14-23/h6-11,15H,2-5,12-14H2,1H3,(H,21,24). The molecule has 1 amide bonds. The van der Waals surface area contributed by atoms with Gasteiger partial charge in [0.1, 0.15) is 11.6 Å². The van der Waals surface area contributed by atoms with Gasteiger partial charge in [-0.2, -0.15) is 0 Å². The Bertz CT molecular complexity index is 677. The molecule has 0 unspecified atom stereocenters. The summed E-state index contributed by atoms with van der Waals surface area (Å²) in [5.74, 6) is 1.77. The van der Waals surface area contributed by atoms with Crippen molar-refractivity contribution in [2.45, 2.75) is 25.7 Å². The lowest BCUT2D eigenvalue weighted by Crippen LogP contribution is -2.25. The van der Waals surface area contributed by atoms with Gasteiger partial charge in [-0.1, -0.05) is 12.1 Å². The Labute approximate surface area is 149 Å². The number of carbonyl (C=O) groups excluding carboxylic acids is 1. The normalized spacial score (nSPS) is 13.7. The summed E-state index contributed by atoms with van der Waals surface area (Å²) in [6.45, 7) is 2.77. The molecular formula is C20H25N3O2. The van der Waals surface area contributed by atoms with Gasteiger partial charge in [0.05, 0.1) is 12.7 Å². The second kappa shape index (κ2) is 8.51. The van der Waals surface area contributed by atoms with Crippen LogP contribution in [0.5, 0.6) is 5.75 Å². The molecule has 0 radical (unpaired) electrons. The van der Waals surface area contributed by atoms with Crippen molar-refractivity contribution < 1.29 is 9.53 Å². The maximum Gasteiger partial charge on any atom is 0.252 e. The zero-order chi connectivity index (χ0) is 17.5. The summed E-state index contributed by atoms with van der Waals surface area (Å²) in [6, 6.07) is 11.8. The smallest absolute Gasteiger partial charge is 0.252 e. The number of nitrogens with zero attached hydrogens (tertiary/aromatic N) is 2. The quantitative estimate of drug-likeness (QED) is 0.788. The predicted molar refractivity (Wildman–Crippen MR) is 99.3 cm³/mol. The fourth-order valence-electron chi connectivity index (χ4n) is 3.04. The number of anilines is 1. The van der Waals surface area contributed by atoms with E-state index in [1.165, 1.54) is 18.4 Å². The third kappa shape index (κ3) is 4.72. The maximum atomic E-state index is 12.2. The molecule has 1 aromatic heterocycles. The molecule has 1 fully saturated rings. The molecule has 0 bridgehead atoms. The average Bonchev–Trinajstić information content (AvgIpc) is 3.20. The molecule has 1 aliphatic heterocycles. The van der Waals surface area contributed by atoms with Gasteiger partial charge in [0, 0.05) is 25.8 Å². The molecule has 2 heterocycles. The molecule has 1 aliphatic rings. The predicted octanol–water partition coefficient (Wildman–Crippen LogP) is 3.05. The topological polar surface area (TPSA) is 54.5 Å². The molecule has 0 aliphatic carbocycles. The molecule has 1 saturated heterocycles. The highest BCUT2D eigenvalue weighted by atomic mass is 16.5. The zero-order valence-electron chi connectivity index (χ0n) is 14.7. The summed E-state index contributed by atoms with van der Waals surface area (Å²) in [5, 5.41) is 2.96. The fraction of sp³-hybridized carbons (Fsp3) is 0.400. The van der Waals surface area contributed by atoms with Gasteiger partial charge in [-0.3, -0.25) is 4.79 Å². The van der Waals surface area contributed by atoms with Crippen LogP contribution in [0, 0.1) is 0 Å². The number of benzene rings is 1. The third-order valence-electron chi connectivity index (χ3n) is 4.53. The van der Waals surface area contributed by atoms with Gasteiger partial charge in [0.15, 0.2) is 0 Å². The number of hydrogen-bond acceptors (Lipinski definition) is 4. The number of carbonyl (C=O) groups is 1. The Balaban J connectivity index is 1.42. The van der Waals surface area contributed by atoms with Gasteiger partial charge in [0.25, 0.3) is 5.91 Å². The van der Waals surface area contributed by atoms with E-state index in [1.807, 2.05) is 24.3 Å². The van der Waals surface area contributed by atoms with Crippen molar-refractivity contribution in [2.24, 2.45) is 0 Å². The first kappa shape index (κ1) is 17.3. The molecule has 3 rings (SSSR count). The lowest BCUT2D eigenvalue weighted by molar-refractivity contribution is 0.0953. The number of ether oxygens (including phenoxy) is 1. The van der Waals surface area contributed by atoms with Crippen LogP contribution >= 0.6 is 0 Å². The van der Waals surface area contributed by atoms with Crippen LogP contribution in [0.3, 0.4) is 0 Å². The Morgan fingerprint density at radius 1 is 1.16 bits per heavy atom. The van der Waals surface area contributed by atoms with E-state index in [0.717, 1.165) is 37.5 Å². The number of pyridine rings is 1. The van der Waals surface area contributed by atoms with E-state index in [-0.39, 0.29) is 5.91 Å². The highest BCUT2D eigenvalue weighted by molar-refractivity contribution is 5.94. The Hall–Kier alpha value is -2.56. The number of nitrogens with one attached hydrogen (secondary N) is 1. The van der Waals surface area contributed by atoms with Gasteiger partial charge in [0.2, 0.25) is 0 Å². The van der Waals surface area contributed by atoms with Crippen molar-refractivity contribution in [3.05, 3.63) is 53.7 Å². The van der Waals surface area contributed by atoms with E-state index >= 15 is 0 Å². The van der Waals surface area contributed by atoms with E-state index in [0.29, 0.717) is 12.1 Å². The minimum atomic E-state index is -0.0600. The SMILES string of the molecule is COc1ccc(CCCNC(=O)c2ccc(N3CCCC3)nc2)cc1. The number of rotatable bonds is 7. The summed E-state index contributed by atoms with van der Waals surface area (Å²) >= 11 is 0. The number of amides is 1. The first-order valence-corrected chi connectivity index (χ1v) is 8.88. The summed E-state index contributed by atoms with van der Waals surface area (Å²) in [7, 11) is 1.66. The summed E-state index contributed by atoms with van der Waals surface area (Å²) in [6.07, 6.45) is 5.94. The van der Waals surface area contributed by atoms with Crippen LogP contribution in [0.2, 0.25) is 0 Å². The molecule has 1 N–H and O–H groups in total. The van der Waals surface area contributed by atoms with Crippen molar-refractivity contribution >= 4 is 11.7 Å². The zero-order valence-corrected chi connectivity index (χ0v) is 14.7. The summed E-state index contributed by atoms with van der Waals surface area (Å²) in [4.78, 5) is 18.9. The van der Waals surface area contributed by atoms with E-state index in [9.17, 15) is 4.79 Å². The number of methoxy groups -OCH3 is 1. The second-order valence-corrected chi connectivity index (χ2v) is 6.31. The molecule has 0 spiro atoms.